The second kappa shape index (κ2) is 5.32. The number of hydrogen-bond acceptors (Lipinski definition) is 5. The average molecular weight is 397 g/mol. The largest absolute Gasteiger partial charge is 0.397 e. The van der Waals surface area contributed by atoms with Crippen LogP contribution in [0, 0.1) is 10.1 Å². The summed E-state index contributed by atoms with van der Waals surface area (Å²) >= 11 is 9.16. The quantitative estimate of drug-likeness (QED) is 0.362. The van der Waals surface area contributed by atoms with Crippen molar-refractivity contribution >= 4 is 56.4 Å². The van der Waals surface area contributed by atoms with Crippen molar-refractivity contribution in [3.05, 3.63) is 61.1 Å². The number of amides is 2. The van der Waals surface area contributed by atoms with Crippen LogP contribution in [0.3, 0.4) is 0 Å². The van der Waals surface area contributed by atoms with Gasteiger partial charge in [0.15, 0.2) is 0 Å². The molecule has 0 bridgehead atoms. The van der Waals surface area contributed by atoms with E-state index in [1.807, 2.05) is 0 Å². The van der Waals surface area contributed by atoms with Crippen molar-refractivity contribution < 1.29 is 14.5 Å². The Kier molecular flexibility index (Phi) is 3.57. The normalized spacial score (nSPS) is 13.4. The van der Waals surface area contributed by atoms with E-state index in [9.17, 15) is 19.7 Å². The highest BCUT2D eigenvalue weighted by molar-refractivity contribution is 9.10. The van der Waals surface area contributed by atoms with E-state index >= 15 is 0 Å². The fraction of sp³-hybridized carbons (Fsp3) is 0. The molecule has 1 aliphatic rings. The van der Waals surface area contributed by atoms with Crippen molar-refractivity contribution in [3.63, 3.8) is 0 Å². The van der Waals surface area contributed by atoms with Crippen molar-refractivity contribution in [1.29, 1.82) is 0 Å². The van der Waals surface area contributed by atoms with E-state index < -0.39 is 22.4 Å². The number of nitrogens with two attached hydrogens (primary N) is 1. The van der Waals surface area contributed by atoms with Gasteiger partial charge in [-0.05, 0) is 34.1 Å². The fourth-order valence-electron chi connectivity index (χ4n) is 2.35. The van der Waals surface area contributed by atoms with E-state index in [-0.39, 0.29) is 27.5 Å². The molecule has 0 fully saturated rings. The van der Waals surface area contributed by atoms with Gasteiger partial charge in [0.05, 0.1) is 26.9 Å². The minimum absolute atomic E-state index is 0.0201. The van der Waals surface area contributed by atoms with Gasteiger partial charge < -0.3 is 5.73 Å². The summed E-state index contributed by atoms with van der Waals surface area (Å²) in [7, 11) is 0. The first kappa shape index (κ1) is 15.4. The van der Waals surface area contributed by atoms with Crippen LogP contribution in [-0.2, 0) is 0 Å². The molecule has 0 aliphatic carbocycles. The maximum absolute atomic E-state index is 12.6. The van der Waals surface area contributed by atoms with Gasteiger partial charge in [-0.3, -0.25) is 19.7 Å². The summed E-state index contributed by atoms with van der Waals surface area (Å²) in [6.45, 7) is 0. The van der Waals surface area contributed by atoms with Crippen LogP contribution in [-0.4, -0.2) is 16.7 Å². The number of rotatable bonds is 2. The van der Waals surface area contributed by atoms with Gasteiger partial charge in [0.25, 0.3) is 17.5 Å². The van der Waals surface area contributed by atoms with E-state index in [0.29, 0.717) is 4.47 Å². The van der Waals surface area contributed by atoms with Gasteiger partial charge >= 0.3 is 0 Å². The summed E-state index contributed by atoms with van der Waals surface area (Å²) in [5, 5.41) is 11.2. The van der Waals surface area contributed by atoms with Crippen molar-refractivity contribution in [2.75, 3.05) is 10.6 Å². The topological polar surface area (TPSA) is 107 Å². The lowest BCUT2D eigenvalue weighted by Crippen LogP contribution is -2.29. The molecule has 0 saturated carbocycles. The van der Waals surface area contributed by atoms with Crippen molar-refractivity contribution in [3.8, 4) is 0 Å². The number of carbonyl (C=O) groups excluding carboxylic acids is 2. The number of benzene rings is 2. The van der Waals surface area contributed by atoms with Crippen LogP contribution in [0.4, 0.5) is 17.1 Å². The number of nitro benzene ring substituents is 1. The van der Waals surface area contributed by atoms with Gasteiger partial charge in [-0.25, -0.2) is 4.90 Å². The molecule has 23 heavy (non-hydrogen) atoms. The highest BCUT2D eigenvalue weighted by Gasteiger charge is 2.42. The van der Waals surface area contributed by atoms with E-state index in [2.05, 4.69) is 15.9 Å². The predicted octanol–water partition coefficient (Wildman–Crippen LogP) is 3.39. The third-order valence-electron chi connectivity index (χ3n) is 3.41. The number of fused-ring (bicyclic) bond motifs is 1. The zero-order valence-electron chi connectivity index (χ0n) is 11.2. The predicted molar refractivity (Wildman–Crippen MR) is 87.8 cm³/mol. The van der Waals surface area contributed by atoms with Gasteiger partial charge in [-0.2, -0.15) is 0 Å². The first-order chi connectivity index (χ1) is 10.8. The zero-order valence-corrected chi connectivity index (χ0v) is 13.6. The molecule has 9 heteroatoms. The lowest BCUT2D eigenvalue weighted by atomic mass is 10.1. The van der Waals surface area contributed by atoms with Gasteiger partial charge in [0.1, 0.15) is 5.56 Å². The second-order valence-corrected chi connectivity index (χ2v) is 5.99. The Bertz CT molecular complexity index is 877. The lowest BCUT2D eigenvalue weighted by Gasteiger charge is -2.15. The Labute approximate surface area is 142 Å². The van der Waals surface area contributed by atoms with Crippen LogP contribution in [0.2, 0.25) is 5.02 Å². The maximum Gasteiger partial charge on any atom is 0.283 e. The summed E-state index contributed by atoms with van der Waals surface area (Å²) in [5.41, 5.74) is 5.49. The molecular weight excluding hydrogens is 390 g/mol. The zero-order chi connectivity index (χ0) is 16.9. The number of imide groups is 1. The Balaban J connectivity index is 2.18. The van der Waals surface area contributed by atoms with Crippen LogP contribution < -0.4 is 10.6 Å². The number of nitro groups is 1. The first-order valence-electron chi connectivity index (χ1n) is 6.23. The number of nitrogen functional groups attached to an aromatic ring is 1. The molecule has 116 valence electrons. The molecule has 3 rings (SSSR count). The summed E-state index contributed by atoms with van der Waals surface area (Å²) in [5.74, 6) is -1.42. The van der Waals surface area contributed by atoms with Gasteiger partial charge in [0, 0.05) is 10.5 Å². The summed E-state index contributed by atoms with van der Waals surface area (Å²) < 4.78 is 0.408. The van der Waals surface area contributed by atoms with Crippen LogP contribution in [0.15, 0.2) is 34.8 Å². The average Bonchev–Trinajstić information content (AvgIpc) is 2.76. The van der Waals surface area contributed by atoms with E-state index in [4.69, 9.17) is 17.3 Å². The number of halogens is 2. The van der Waals surface area contributed by atoms with Crippen molar-refractivity contribution in [1.82, 2.24) is 0 Å². The van der Waals surface area contributed by atoms with Crippen LogP contribution in [0.25, 0.3) is 0 Å². The SMILES string of the molecule is Nc1c(Cl)cc(N2C(=O)c3cccc([N+](=O)[O-])c3C2=O)cc1Br. The summed E-state index contributed by atoms with van der Waals surface area (Å²) in [6, 6.07) is 6.72. The van der Waals surface area contributed by atoms with E-state index in [1.54, 1.807) is 0 Å². The van der Waals surface area contributed by atoms with Gasteiger partial charge in [-0.1, -0.05) is 17.7 Å². The molecule has 7 nitrogen and oxygen atoms in total. The Morgan fingerprint density at radius 1 is 1.22 bits per heavy atom. The smallest absolute Gasteiger partial charge is 0.283 e. The number of anilines is 2. The van der Waals surface area contributed by atoms with Crippen molar-refractivity contribution in [2.24, 2.45) is 0 Å². The molecule has 2 aromatic carbocycles. The lowest BCUT2D eigenvalue weighted by molar-refractivity contribution is -0.385. The third kappa shape index (κ3) is 2.27. The minimum Gasteiger partial charge on any atom is -0.397 e. The standard InChI is InChI=1S/C14H7BrClN3O4/c15-8-4-6(5-9(16)12(8)17)18-13(20)7-2-1-3-10(19(22)23)11(7)14(18)21/h1-5H,17H2. The van der Waals surface area contributed by atoms with E-state index in [0.717, 1.165) is 4.90 Å². The molecule has 0 spiro atoms. The van der Waals surface area contributed by atoms with E-state index in [1.165, 1.54) is 30.3 Å². The molecular formula is C14H7BrClN3O4. The monoisotopic (exact) mass is 395 g/mol. The highest BCUT2D eigenvalue weighted by atomic mass is 79.9. The molecule has 0 unspecified atom stereocenters. The molecule has 0 saturated heterocycles. The fourth-order valence-corrected chi connectivity index (χ4v) is 3.13. The first-order valence-corrected chi connectivity index (χ1v) is 7.40. The molecule has 2 N–H and O–H groups in total. The van der Waals surface area contributed by atoms with Crippen LogP contribution in [0.5, 0.6) is 0 Å². The highest BCUT2D eigenvalue weighted by Crippen LogP contribution is 2.38. The minimum atomic E-state index is -0.773. The molecule has 0 atom stereocenters. The summed E-state index contributed by atoms with van der Waals surface area (Å²) in [4.78, 5) is 36.3. The number of carbonyl (C=O) groups is 2. The Hall–Kier alpha value is -2.45. The Morgan fingerprint density at radius 2 is 1.91 bits per heavy atom. The van der Waals surface area contributed by atoms with Crippen LogP contribution in [0.1, 0.15) is 20.7 Å². The molecule has 0 radical (unpaired) electrons. The van der Waals surface area contributed by atoms with Crippen LogP contribution >= 0.6 is 27.5 Å². The summed E-state index contributed by atoms with van der Waals surface area (Å²) in [6.07, 6.45) is 0. The second-order valence-electron chi connectivity index (χ2n) is 4.73. The number of hydrogen-bond donors (Lipinski definition) is 1. The number of nitrogens with zero attached hydrogens (tertiary/aromatic N) is 2. The van der Waals surface area contributed by atoms with Crippen molar-refractivity contribution in [2.45, 2.75) is 0 Å². The molecule has 2 aromatic rings. The molecule has 1 heterocycles. The Morgan fingerprint density at radius 3 is 2.52 bits per heavy atom. The molecule has 0 aromatic heterocycles. The maximum atomic E-state index is 12.6. The molecule has 2 amide bonds. The van der Waals surface area contributed by atoms with Gasteiger partial charge in [0.2, 0.25) is 0 Å². The molecule has 1 aliphatic heterocycles. The third-order valence-corrected chi connectivity index (χ3v) is 4.38. The van der Waals surface area contributed by atoms with Gasteiger partial charge in [-0.15, -0.1) is 0 Å².